The van der Waals surface area contributed by atoms with Crippen LogP contribution in [0.5, 0.6) is 0 Å². The van der Waals surface area contributed by atoms with Crippen LogP contribution < -0.4 is 9.80 Å². The number of ether oxygens (including phenoxy) is 2. The highest BCUT2D eigenvalue weighted by atomic mass is 19.4. The molecular formula is C39H49F3N8O4. The number of aromatic nitrogens is 6. The van der Waals surface area contributed by atoms with Gasteiger partial charge in [-0.25, -0.2) is 29.7 Å². The lowest BCUT2D eigenvalue weighted by atomic mass is 9.81. The number of carbonyl (C=O) groups is 1. The number of H-pyrrole nitrogens is 1. The van der Waals surface area contributed by atoms with Crippen LogP contribution in [0.15, 0.2) is 30.6 Å². The maximum absolute atomic E-state index is 14.1. The van der Waals surface area contributed by atoms with Gasteiger partial charge in [0.1, 0.15) is 22.7 Å². The lowest BCUT2D eigenvalue weighted by molar-refractivity contribution is -0.161. The van der Waals surface area contributed by atoms with E-state index >= 15 is 0 Å². The van der Waals surface area contributed by atoms with Gasteiger partial charge in [0.2, 0.25) is 0 Å². The Labute approximate surface area is 312 Å². The summed E-state index contributed by atoms with van der Waals surface area (Å²) in [5.41, 5.74) is 2.12. The second-order valence-electron chi connectivity index (χ2n) is 16.1. The second kappa shape index (κ2) is 14.7. The van der Waals surface area contributed by atoms with Gasteiger partial charge in [0.25, 0.3) is 0 Å². The molecule has 290 valence electrons. The molecule has 4 aromatic rings. The number of imidazole rings is 1. The molecule has 54 heavy (non-hydrogen) atoms. The van der Waals surface area contributed by atoms with E-state index in [1.165, 1.54) is 0 Å². The number of methoxy groups -OCH3 is 1. The first-order valence-electron chi connectivity index (χ1n) is 18.8. The maximum atomic E-state index is 14.1. The number of aromatic amines is 1. The molecule has 7 rings (SSSR count). The Kier molecular flexibility index (Phi) is 10.3. The fraction of sp³-hybridized carbons (Fsp3) is 0.590. The van der Waals surface area contributed by atoms with E-state index in [1.54, 1.807) is 32.5 Å². The summed E-state index contributed by atoms with van der Waals surface area (Å²) in [5.74, 6) is 0.180. The molecule has 2 atom stereocenters. The van der Waals surface area contributed by atoms with E-state index in [0.29, 0.717) is 84.5 Å². The van der Waals surface area contributed by atoms with Crippen molar-refractivity contribution in [2.75, 3.05) is 50.2 Å². The highest BCUT2D eigenvalue weighted by Gasteiger charge is 2.40. The topological polar surface area (TPSA) is 142 Å². The van der Waals surface area contributed by atoms with Crippen LogP contribution in [0.25, 0.3) is 33.9 Å². The fourth-order valence-electron chi connectivity index (χ4n) is 8.26. The van der Waals surface area contributed by atoms with Crippen LogP contribution in [0.2, 0.25) is 0 Å². The zero-order valence-corrected chi connectivity index (χ0v) is 31.5. The van der Waals surface area contributed by atoms with Gasteiger partial charge < -0.3 is 29.4 Å². The Morgan fingerprint density at radius 3 is 2.44 bits per heavy atom. The summed E-state index contributed by atoms with van der Waals surface area (Å²) in [6.45, 7) is 8.47. The van der Waals surface area contributed by atoms with Gasteiger partial charge in [-0.15, -0.1) is 0 Å². The zero-order valence-electron chi connectivity index (χ0n) is 31.5. The minimum absolute atomic E-state index is 0.0165. The van der Waals surface area contributed by atoms with E-state index in [2.05, 4.69) is 33.6 Å². The zero-order chi connectivity index (χ0) is 38.4. The van der Waals surface area contributed by atoms with Crippen molar-refractivity contribution in [1.29, 1.82) is 0 Å². The van der Waals surface area contributed by atoms with Gasteiger partial charge in [0.05, 0.1) is 36.5 Å². The normalized spacial score (nSPS) is 20.4. The summed E-state index contributed by atoms with van der Waals surface area (Å²) in [5, 5.41) is 9.52. The fourth-order valence-corrected chi connectivity index (χ4v) is 8.26. The molecule has 0 bridgehead atoms. The number of carboxylic acids is 1. The minimum Gasteiger partial charge on any atom is -0.479 e. The number of carboxylic acid groups (broad SMARTS) is 1. The average molecular weight is 751 g/mol. The van der Waals surface area contributed by atoms with Crippen molar-refractivity contribution in [3.63, 3.8) is 0 Å². The van der Waals surface area contributed by atoms with Gasteiger partial charge in [-0.2, -0.15) is 13.2 Å². The highest BCUT2D eigenvalue weighted by molar-refractivity contribution is 5.91. The summed E-state index contributed by atoms with van der Waals surface area (Å²) < 4.78 is 53.9. The summed E-state index contributed by atoms with van der Waals surface area (Å²) in [4.78, 5) is 42.4. The molecule has 0 radical (unpaired) electrons. The number of alkyl halides is 3. The molecule has 1 saturated heterocycles. The number of aliphatic carboxylic acids is 1. The molecule has 1 aliphatic heterocycles. The smallest absolute Gasteiger partial charge is 0.433 e. The molecule has 0 spiro atoms. The van der Waals surface area contributed by atoms with Crippen molar-refractivity contribution in [2.45, 2.75) is 96.4 Å². The van der Waals surface area contributed by atoms with Crippen molar-refractivity contribution in [3.05, 3.63) is 42.0 Å². The Hall–Kier alpha value is -4.37. The van der Waals surface area contributed by atoms with Crippen LogP contribution in [-0.2, 0) is 20.4 Å². The quantitative estimate of drug-likeness (QED) is 0.140. The number of hydrogen-bond acceptors (Lipinski definition) is 10. The average Bonchev–Trinajstić information content (AvgIpc) is 3.74. The van der Waals surface area contributed by atoms with E-state index in [-0.39, 0.29) is 22.9 Å². The molecule has 12 nitrogen and oxygen atoms in total. The van der Waals surface area contributed by atoms with Crippen molar-refractivity contribution < 1.29 is 32.5 Å². The predicted octanol–water partition coefficient (Wildman–Crippen LogP) is 7.50. The third kappa shape index (κ3) is 7.88. The second-order valence-corrected chi connectivity index (χ2v) is 16.1. The van der Waals surface area contributed by atoms with E-state index in [0.717, 1.165) is 50.3 Å². The van der Waals surface area contributed by atoms with E-state index in [9.17, 15) is 23.1 Å². The van der Waals surface area contributed by atoms with Gasteiger partial charge in [-0.1, -0.05) is 33.6 Å². The Morgan fingerprint density at radius 1 is 1.07 bits per heavy atom. The maximum Gasteiger partial charge on any atom is 0.433 e. The third-order valence-corrected chi connectivity index (χ3v) is 11.3. The molecule has 15 heteroatoms. The van der Waals surface area contributed by atoms with Crippen LogP contribution in [0.3, 0.4) is 0 Å². The number of rotatable bonds is 13. The van der Waals surface area contributed by atoms with Crippen LogP contribution in [0, 0.1) is 10.8 Å². The number of anilines is 2. The van der Waals surface area contributed by atoms with Crippen LogP contribution in [0.1, 0.15) is 89.4 Å². The minimum atomic E-state index is -4.60. The summed E-state index contributed by atoms with van der Waals surface area (Å²) >= 11 is 0. The number of nitrogens with zero attached hydrogens (tertiary/aromatic N) is 7. The lowest BCUT2D eigenvalue weighted by Gasteiger charge is -2.45. The summed E-state index contributed by atoms with van der Waals surface area (Å²) in [7, 11) is 3.71. The van der Waals surface area contributed by atoms with Crippen LogP contribution in [-0.4, -0.2) is 93.6 Å². The Balaban J connectivity index is 1.21. The highest BCUT2D eigenvalue weighted by Crippen LogP contribution is 2.44. The SMILES string of the molecule is CCC(OC1CCN(c2cnc(-c3nc4nc(-c5cc(C6CC6)nc(C(F)(F)F)c5)cc(N(C)CC5(COC)CCCC5)c4[nH]3)cn2)CC1(C)C)C(=O)O. The number of hydrogen-bond donors (Lipinski definition) is 2. The van der Waals surface area contributed by atoms with Gasteiger partial charge in [0, 0.05) is 61.8 Å². The number of fused-ring (bicyclic) bond motifs is 1. The number of nitrogens with one attached hydrogen (secondary N) is 1. The molecule has 0 aromatic carbocycles. The first-order chi connectivity index (χ1) is 25.7. The number of pyridine rings is 2. The molecular weight excluding hydrogens is 701 g/mol. The molecule has 2 N–H and O–H groups in total. The van der Waals surface area contributed by atoms with Crippen LogP contribution in [0.4, 0.5) is 24.7 Å². The van der Waals surface area contributed by atoms with Gasteiger partial charge in [-0.05, 0) is 56.7 Å². The van der Waals surface area contributed by atoms with Gasteiger partial charge >= 0.3 is 12.1 Å². The van der Waals surface area contributed by atoms with Gasteiger partial charge in [-0.3, -0.25) is 0 Å². The number of halogens is 3. The van der Waals surface area contributed by atoms with Crippen molar-refractivity contribution in [3.8, 4) is 22.8 Å². The molecule has 2 saturated carbocycles. The van der Waals surface area contributed by atoms with Crippen LogP contribution >= 0.6 is 0 Å². The largest absolute Gasteiger partial charge is 0.479 e. The molecule has 3 aliphatic rings. The van der Waals surface area contributed by atoms with Crippen molar-refractivity contribution >= 4 is 28.6 Å². The number of piperidine rings is 1. The summed E-state index contributed by atoms with van der Waals surface area (Å²) in [6.07, 6.45) is 4.64. The molecule has 2 aliphatic carbocycles. The molecule has 0 amide bonds. The lowest BCUT2D eigenvalue weighted by Crippen LogP contribution is -2.51. The van der Waals surface area contributed by atoms with E-state index in [4.69, 9.17) is 29.4 Å². The predicted molar refractivity (Wildman–Crippen MR) is 198 cm³/mol. The van der Waals surface area contributed by atoms with Crippen molar-refractivity contribution in [1.82, 2.24) is 29.9 Å². The Bertz CT molecular complexity index is 1970. The molecule has 3 fully saturated rings. The summed E-state index contributed by atoms with van der Waals surface area (Å²) in [6, 6.07) is 4.65. The Morgan fingerprint density at radius 2 is 1.83 bits per heavy atom. The molecule has 5 heterocycles. The van der Waals surface area contributed by atoms with E-state index < -0.39 is 23.9 Å². The molecule has 2 unspecified atom stereocenters. The van der Waals surface area contributed by atoms with Gasteiger partial charge in [0.15, 0.2) is 17.6 Å². The first kappa shape index (κ1) is 37.9. The van der Waals surface area contributed by atoms with E-state index in [1.807, 2.05) is 13.1 Å². The monoisotopic (exact) mass is 750 g/mol. The van der Waals surface area contributed by atoms with Crippen molar-refractivity contribution in [2.24, 2.45) is 10.8 Å². The first-order valence-corrected chi connectivity index (χ1v) is 18.8. The standard InChI is InChI=1S/C39H49F3N8O4/c1-6-29(36(51)52)54-31-11-14-50(20-37(31,2)3)32-19-43-27(18-44-32)34-47-33-28(49(4)21-38(22-53-5)12-7-8-13-38)17-26(46-35(33)48-34)24-15-25(23-9-10-23)45-30(16-24)39(40,41)42/h15-19,23,29,31H,6-14,20-22H2,1-5H3,(H,51,52)(H,46,47,48). The molecule has 4 aromatic heterocycles. The third-order valence-electron chi connectivity index (χ3n) is 11.3.